The summed E-state index contributed by atoms with van der Waals surface area (Å²) in [5, 5.41) is 4.58. The van der Waals surface area contributed by atoms with Crippen LogP contribution in [0.5, 0.6) is 0 Å². The predicted octanol–water partition coefficient (Wildman–Crippen LogP) is 5.27. The Morgan fingerprint density at radius 2 is 1.49 bits per heavy atom. The fourth-order valence-electron chi connectivity index (χ4n) is 3.89. The first kappa shape index (κ1) is 29.4. The quantitative estimate of drug-likeness (QED) is 0.203. The predicted molar refractivity (Wildman–Crippen MR) is 147 cm³/mol. The van der Waals surface area contributed by atoms with Crippen LogP contribution in [-0.2, 0) is 30.2 Å². The molecule has 206 valence electrons. The lowest BCUT2D eigenvalue weighted by Gasteiger charge is -2.23. The Hall–Kier alpha value is -4.20. The Morgan fingerprint density at radius 1 is 0.821 bits per heavy atom. The number of amides is 1. The summed E-state index contributed by atoms with van der Waals surface area (Å²) in [6.45, 7) is 5.92. The second kappa shape index (κ2) is 13.6. The molecule has 3 aromatic carbocycles. The maximum atomic E-state index is 13.0. The minimum Gasteiger partial charge on any atom is -0.463 e. The van der Waals surface area contributed by atoms with Crippen molar-refractivity contribution in [2.45, 2.75) is 52.2 Å². The molecule has 39 heavy (non-hydrogen) atoms. The van der Waals surface area contributed by atoms with Gasteiger partial charge in [-0.25, -0.2) is 9.59 Å². The third-order valence-electron chi connectivity index (χ3n) is 5.93. The lowest BCUT2D eigenvalue weighted by Crippen LogP contribution is -2.47. The van der Waals surface area contributed by atoms with Crippen LogP contribution in [-0.4, -0.2) is 48.7 Å². The van der Waals surface area contributed by atoms with E-state index in [1.165, 1.54) is 0 Å². The highest BCUT2D eigenvalue weighted by atomic mass is 16.6. The minimum atomic E-state index is -1.36. The molecule has 0 radical (unpaired) electrons. The van der Waals surface area contributed by atoms with Gasteiger partial charge >= 0.3 is 18.0 Å². The molecule has 8 heteroatoms. The topological polar surface area (TPSA) is 108 Å². The molecule has 0 bridgehead atoms. The maximum Gasteiger partial charge on any atom is 0.408 e. The normalized spacial score (nSPS) is 12.7. The number of carbonyl (C=O) groups excluding carboxylic acids is 4. The highest BCUT2D eigenvalue weighted by Crippen LogP contribution is 2.20. The van der Waals surface area contributed by atoms with E-state index in [1.807, 2.05) is 49.4 Å². The molecule has 1 N–H and O–H groups in total. The second-order valence-electron chi connectivity index (χ2n) is 10.2. The molecule has 1 amide bonds. The number of hydrogen-bond donors (Lipinski definition) is 1. The first-order valence-corrected chi connectivity index (χ1v) is 12.9. The van der Waals surface area contributed by atoms with E-state index < -0.39 is 54.6 Å². The zero-order chi connectivity index (χ0) is 28.4. The molecule has 0 spiro atoms. The number of hydrogen-bond acceptors (Lipinski definition) is 7. The van der Waals surface area contributed by atoms with E-state index in [4.69, 9.17) is 14.2 Å². The van der Waals surface area contributed by atoms with Gasteiger partial charge in [0.15, 0.2) is 18.4 Å². The van der Waals surface area contributed by atoms with E-state index in [-0.39, 0.29) is 0 Å². The van der Waals surface area contributed by atoms with Gasteiger partial charge < -0.3 is 19.5 Å². The highest BCUT2D eigenvalue weighted by molar-refractivity contribution is 5.98. The first-order valence-electron chi connectivity index (χ1n) is 12.9. The molecule has 0 fully saturated rings. The van der Waals surface area contributed by atoms with Crippen LogP contribution < -0.4 is 5.32 Å². The summed E-state index contributed by atoms with van der Waals surface area (Å²) in [6, 6.07) is 21.0. The van der Waals surface area contributed by atoms with E-state index in [1.54, 1.807) is 51.1 Å². The molecule has 0 aliphatic heterocycles. The molecular weight excluding hydrogens is 498 g/mol. The van der Waals surface area contributed by atoms with Crippen molar-refractivity contribution >= 4 is 34.6 Å². The standard InChI is InChI=1S/C31H35NO7/c1-5-22(17-21-15-16-23-11-9-10-14-25(23)18-21)28(34)37-19-26(32-30(36)39-31(2,3)4)29(35)38-20-27(33)24-12-7-6-8-13-24/h6-16,18,22,26H,5,17,19-20H2,1-4H3,(H,32,36)/t22-,26-/m0/s1. The fraction of sp³-hybridized carbons (Fsp3) is 0.355. The van der Waals surface area contributed by atoms with Gasteiger partial charge in [0.1, 0.15) is 12.2 Å². The summed E-state index contributed by atoms with van der Waals surface area (Å²) in [5.41, 5.74) is 0.554. The first-order chi connectivity index (χ1) is 18.6. The van der Waals surface area contributed by atoms with Gasteiger partial charge in [0.2, 0.25) is 0 Å². The van der Waals surface area contributed by atoms with Gasteiger partial charge in [-0.15, -0.1) is 0 Å². The summed E-state index contributed by atoms with van der Waals surface area (Å²) in [7, 11) is 0. The molecule has 8 nitrogen and oxygen atoms in total. The van der Waals surface area contributed by atoms with Gasteiger partial charge in [-0.3, -0.25) is 9.59 Å². The SMILES string of the molecule is CC[C@@H](Cc1ccc2ccccc2c1)C(=O)OC[C@H](NC(=O)OC(C)(C)C)C(=O)OCC(=O)c1ccccc1. The largest absolute Gasteiger partial charge is 0.463 e. The van der Waals surface area contributed by atoms with Gasteiger partial charge in [-0.1, -0.05) is 79.7 Å². The smallest absolute Gasteiger partial charge is 0.408 e. The number of nitrogens with one attached hydrogen (secondary N) is 1. The van der Waals surface area contributed by atoms with Crippen LogP contribution in [0, 0.1) is 5.92 Å². The number of carbonyl (C=O) groups is 4. The number of ether oxygens (including phenoxy) is 3. The van der Waals surface area contributed by atoms with Gasteiger partial charge in [0.25, 0.3) is 0 Å². The molecule has 3 aromatic rings. The summed E-state index contributed by atoms with van der Waals surface area (Å²) in [5.74, 6) is -2.28. The van der Waals surface area contributed by atoms with Gasteiger partial charge in [-0.05, 0) is 49.9 Å². The number of fused-ring (bicyclic) bond motifs is 1. The van der Waals surface area contributed by atoms with E-state index in [0.717, 1.165) is 16.3 Å². The van der Waals surface area contributed by atoms with Crippen LogP contribution >= 0.6 is 0 Å². The van der Waals surface area contributed by atoms with Gasteiger partial charge in [0.05, 0.1) is 5.92 Å². The van der Waals surface area contributed by atoms with Gasteiger partial charge in [-0.2, -0.15) is 0 Å². The van der Waals surface area contributed by atoms with Crippen molar-refractivity contribution in [2.75, 3.05) is 13.2 Å². The Kier molecular flexibility index (Phi) is 10.2. The van der Waals surface area contributed by atoms with Crippen molar-refractivity contribution < 1.29 is 33.4 Å². The average molecular weight is 534 g/mol. The zero-order valence-corrected chi connectivity index (χ0v) is 22.8. The number of ketones is 1. The molecule has 0 saturated heterocycles. The van der Waals surface area contributed by atoms with E-state index in [2.05, 4.69) is 5.32 Å². The van der Waals surface area contributed by atoms with Crippen LogP contribution in [0.15, 0.2) is 72.8 Å². The van der Waals surface area contributed by atoms with Crippen molar-refractivity contribution in [1.29, 1.82) is 0 Å². The lowest BCUT2D eigenvalue weighted by molar-refractivity contribution is -0.154. The molecular formula is C31H35NO7. The number of esters is 2. The lowest BCUT2D eigenvalue weighted by atomic mass is 9.95. The molecule has 3 rings (SSSR count). The average Bonchev–Trinajstić information content (AvgIpc) is 2.91. The monoisotopic (exact) mass is 533 g/mol. The van der Waals surface area contributed by atoms with Crippen LogP contribution in [0.3, 0.4) is 0 Å². The second-order valence-corrected chi connectivity index (χ2v) is 10.2. The minimum absolute atomic E-state index is 0.382. The molecule has 0 saturated carbocycles. The summed E-state index contributed by atoms with van der Waals surface area (Å²) >= 11 is 0. The van der Waals surface area contributed by atoms with Crippen molar-refractivity contribution in [2.24, 2.45) is 5.92 Å². The summed E-state index contributed by atoms with van der Waals surface area (Å²) in [4.78, 5) is 50.5. The van der Waals surface area contributed by atoms with E-state index >= 15 is 0 Å². The Morgan fingerprint density at radius 3 is 2.15 bits per heavy atom. The number of Topliss-reactive ketones (excluding diaryl/α,β-unsaturated/α-hetero) is 1. The van der Waals surface area contributed by atoms with Crippen LogP contribution in [0.1, 0.15) is 50.0 Å². The van der Waals surface area contributed by atoms with E-state index in [0.29, 0.717) is 18.4 Å². The van der Waals surface area contributed by atoms with E-state index in [9.17, 15) is 19.2 Å². The summed E-state index contributed by atoms with van der Waals surface area (Å²) < 4.78 is 15.9. The molecule has 0 aliphatic rings. The Balaban J connectivity index is 1.64. The Labute approximate surface area is 228 Å². The number of benzene rings is 3. The van der Waals surface area contributed by atoms with Crippen molar-refractivity contribution in [3.05, 3.63) is 83.9 Å². The summed E-state index contributed by atoms with van der Waals surface area (Å²) in [6.07, 6.45) is 0.102. The molecule has 0 heterocycles. The van der Waals surface area contributed by atoms with Gasteiger partial charge in [0, 0.05) is 5.56 Å². The van der Waals surface area contributed by atoms with Crippen molar-refractivity contribution in [3.63, 3.8) is 0 Å². The fourth-order valence-corrected chi connectivity index (χ4v) is 3.89. The molecule has 0 aromatic heterocycles. The molecule has 2 atom stereocenters. The third kappa shape index (κ3) is 9.25. The zero-order valence-electron chi connectivity index (χ0n) is 22.8. The number of alkyl carbamates (subject to hydrolysis) is 1. The third-order valence-corrected chi connectivity index (χ3v) is 5.93. The molecule has 0 aliphatic carbocycles. The highest BCUT2D eigenvalue weighted by Gasteiger charge is 2.29. The van der Waals surface area contributed by atoms with Crippen molar-refractivity contribution in [3.8, 4) is 0 Å². The maximum absolute atomic E-state index is 13.0. The van der Waals surface area contributed by atoms with Crippen LogP contribution in [0.4, 0.5) is 4.79 Å². The Bertz CT molecular complexity index is 1300. The number of rotatable bonds is 11. The van der Waals surface area contributed by atoms with Crippen LogP contribution in [0.25, 0.3) is 10.8 Å². The van der Waals surface area contributed by atoms with Crippen LogP contribution in [0.2, 0.25) is 0 Å². The molecule has 0 unspecified atom stereocenters. The van der Waals surface area contributed by atoms with Crippen molar-refractivity contribution in [1.82, 2.24) is 5.32 Å².